The number of furan rings is 1. The predicted molar refractivity (Wildman–Crippen MR) is 117 cm³/mol. The molecule has 1 aliphatic heterocycles. The fourth-order valence-electron chi connectivity index (χ4n) is 6.18. The number of Topliss-reactive ketones (excluding diaryl/α,β-unsaturated/α-hetero) is 1. The Hall–Kier alpha value is -2.64. The van der Waals surface area contributed by atoms with E-state index in [9.17, 15) is 22.8 Å². The van der Waals surface area contributed by atoms with Gasteiger partial charge in [0, 0.05) is 11.5 Å². The molecule has 1 aromatic heterocycles. The minimum absolute atomic E-state index is 0.0885. The zero-order valence-electron chi connectivity index (χ0n) is 19.5. The van der Waals surface area contributed by atoms with Crippen molar-refractivity contribution in [2.75, 3.05) is 13.4 Å². The van der Waals surface area contributed by atoms with Crippen molar-refractivity contribution in [1.82, 2.24) is 0 Å². The standard InChI is InChI=1S/C24H28O9S/c1-5-6-17-14(8-10-31-17)18-11-15-13(22(26)32-18)7-9-24(2)16(23(27)30-3)12-19(21(25)20(15)24)33-34(4,28)29/h8,10,13,15-16,18-20H,7,9,11-12H2,1-4H3/t13-,15+,16+,18+,19+,20+,24+/m1/s1. The Labute approximate surface area is 198 Å². The quantitative estimate of drug-likeness (QED) is 0.354. The van der Waals surface area contributed by atoms with Gasteiger partial charge in [0.15, 0.2) is 11.5 Å². The summed E-state index contributed by atoms with van der Waals surface area (Å²) in [7, 11) is -2.70. The van der Waals surface area contributed by atoms with Gasteiger partial charge in [0.1, 0.15) is 12.2 Å². The number of carbonyl (C=O) groups excluding carboxylic acids is 3. The number of hydrogen-bond donors (Lipinski definition) is 0. The Balaban J connectivity index is 1.76. The summed E-state index contributed by atoms with van der Waals surface area (Å²) in [5.74, 6) is 2.12. The molecule has 2 heterocycles. The maximum atomic E-state index is 13.7. The lowest BCUT2D eigenvalue weighted by molar-refractivity contribution is -0.189. The second kappa shape index (κ2) is 8.86. The molecule has 2 aliphatic carbocycles. The molecule has 3 aliphatic rings. The average molecular weight is 493 g/mol. The summed E-state index contributed by atoms with van der Waals surface area (Å²) in [5.41, 5.74) is -0.196. The smallest absolute Gasteiger partial charge is 0.309 e. The maximum Gasteiger partial charge on any atom is 0.309 e. The van der Waals surface area contributed by atoms with Crippen molar-refractivity contribution in [3.63, 3.8) is 0 Å². The van der Waals surface area contributed by atoms with Crippen molar-refractivity contribution in [1.29, 1.82) is 0 Å². The van der Waals surface area contributed by atoms with E-state index in [1.165, 1.54) is 13.4 Å². The van der Waals surface area contributed by atoms with E-state index in [-0.39, 0.29) is 6.42 Å². The number of methoxy groups -OCH3 is 1. The Kier molecular flexibility index (Phi) is 6.38. The van der Waals surface area contributed by atoms with E-state index >= 15 is 0 Å². The Morgan fingerprint density at radius 2 is 2.00 bits per heavy atom. The van der Waals surface area contributed by atoms with Crippen molar-refractivity contribution in [2.45, 2.75) is 51.7 Å². The zero-order chi connectivity index (χ0) is 24.8. The molecule has 0 unspecified atom stereocenters. The van der Waals surface area contributed by atoms with Crippen LogP contribution in [0.2, 0.25) is 0 Å². The molecule has 1 saturated heterocycles. The first-order valence-electron chi connectivity index (χ1n) is 11.2. The van der Waals surface area contributed by atoms with Crippen LogP contribution in [0.5, 0.6) is 0 Å². The number of ether oxygens (including phenoxy) is 2. The molecule has 3 fully saturated rings. The van der Waals surface area contributed by atoms with Crippen molar-refractivity contribution < 1.29 is 40.9 Å². The first-order valence-corrected chi connectivity index (χ1v) is 13.0. The van der Waals surface area contributed by atoms with Crippen molar-refractivity contribution in [3.8, 4) is 11.8 Å². The summed E-state index contributed by atoms with van der Waals surface area (Å²) >= 11 is 0. The largest absolute Gasteiger partial charge is 0.469 e. The number of rotatable bonds is 4. The molecule has 184 valence electrons. The summed E-state index contributed by atoms with van der Waals surface area (Å²) in [5, 5.41) is 0. The molecule has 0 aromatic carbocycles. The summed E-state index contributed by atoms with van der Waals surface area (Å²) in [6, 6.07) is 1.69. The molecule has 10 heteroatoms. The molecular weight excluding hydrogens is 464 g/mol. The highest BCUT2D eigenvalue weighted by Gasteiger charge is 2.63. The van der Waals surface area contributed by atoms with E-state index in [0.717, 1.165) is 6.26 Å². The molecule has 9 nitrogen and oxygen atoms in total. The lowest BCUT2D eigenvalue weighted by Crippen LogP contribution is -2.61. The topological polar surface area (TPSA) is 126 Å². The van der Waals surface area contributed by atoms with Gasteiger partial charge in [0.25, 0.3) is 10.1 Å². The third-order valence-corrected chi connectivity index (χ3v) is 8.21. The van der Waals surface area contributed by atoms with E-state index in [4.69, 9.17) is 18.1 Å². The van der Waals surface area contributed by atoms with Crippen LogP contribution in [0.3, 0.4) is 0 Å². The highest BCUT2D eigenvalue weighted by atomic mass is 32.2. The normalized spacial score (nSPS) is 35.3. The van der Waals surface area contributed by atoms with Gasteiger partial charge in [-0.1, -0.05) is 12.8 Å². The second-order valence-electron chi connectivity index (χ2n) is 9.54. The molecule has 0 spiro atoms. The third-order valence-electron chi connectivity index (χ3n) is 7.62. The monoisotopic (exact) mass is 492 g/mol. The molecule has 0 radical (unpaired) electrons. The fraction of sp³-hybridized carbons (Fsp3) is 0.625. The highest BCUT2D eigenvalue weighted by Crippen LogP contribution is 2.59. The zero-order valence-corrected chi connectivity index (χ0v) is 20.3. The van der Waals surface area contributed by atoms with Crippen LogP contribution in [0.25, 0.3) is 0 Å². The van der Waals surface area contributed by atoms with E-state index in [0.29, 0.717) is 30.6 Å². The number of ketones is 1. The van der Waals surface area contributed by atoms with Crippen LogP contribution in [0.15, 0.2) is 16.7 Å². The van der Waals surface area contributed by atoms with Crippen LogP contribution in [0.4, 0.5) is 0 Å². The molecule has 34 heavy (non-hydrogen) atoms. The molecule has 7 atom stereocenters. The van der Waals surface area contributed by atoms with Gasteiger partial charge in [-0.15, -0.1) is 0 Å². The van der Waals surface area contributed by atoms with Crippen LogP contribution < -0.4 is 0 Å². The summed E-state index contributed by atoms with van der Waals surface area (Å²) in [4.78, 5) is 39.5. The average Bonchev–Trinajstić information content (AvgIpc) is 3.22. The number of hydrogen-bond acceptors (Lipinski definition) is 9. The lowest BCUT2D eigenvalue weighted by Gasteiger charge is -2.56. The van der Waals surface area contributed by atoms with Crippen molar-refractivity contribution in [3.05, 3.63) is 23.7 Å². The van der Waals surface area contributed by atoms with E-state index in [2.05, 4.69) is 11.8 Å². The Morgan fingerprint density at radius 1 is 1.26 bits per heavy atom. The first-order chi connectivity index (χ1) is 16.0. The highest BCUT2D eigenvalue weighted by molar-refractivity contribution is 7.86. The van der Waals surface area contributed by atoms with Gasteiger partial charge >= 0.3 is 11.9 Å². The Morgan fingerprint density at radius 3 is 2.65 bits per heavy atom. The second-order valence-corrected chi connectivity index (χ2v) is 11.1. The van der Waals surface area contributed by atoms with Gasteiger partial charge < -0.3 is 13.9 Å². The van der Waals surface area contributed by atoms with E-state index < -0.39 is 69.1 Å². The molecule has 1 aromatic rings. The minimum Gasteiger partial charge on any atom is -0.469 e. The molecule has 2 saturated carbocycles. The Bertz CT molecular complexity index is 1170. The lowest BCUT2D eigenvalue weighted by atomic mass is 9.48. The molecule has 0 bridgehead atoms. The number of fused-ring (bicyclic) bond motifs is 3. The maximum absolute atomic E-state index is 13.7. The fourth-order valence-corrected chi connectivity index (χ4v) is 6.78. The van der Waals surface area contributed by atoms with Crippen LogP contribution in [-0.2, 0) is 38.2 Å². The van der Waals surface area contributed by atoms with Gasteiger partial charge in [-0.2, -0.15) is 8.42 Å². The van der Waals surface area contributed by atoms with Crippen molar-refractivity contribution in [2.24, 2.45) is 29.1 Å². The minimum atomic E-state index is -3.96. The van der Waals surface area contributed by atoms with E-state index in [1.807, 2.05) is 6.92 Å². The van der Waals surface area contributed by atoms with Gasteiger partial charge in [0.2, 0.25) is 0 Å². The number of esters is 2. The van der Waals surface area contributed by atoms with Crippen LogP contribution in [-0.4, -0.2) is 45.6 Å². The molecule has 4 rings (SSSR count). The van der Waals surface area contributed by atoms with Gasteiger partial charge in [-0.25, -0.2) is 0 Å². The van der Waals surface area contributed by atoms with Crippen LogP contribution >= 0.6 is 0 Å². The predicted octanol–water partition coefficient (Wildman–Crippen LogP) is 2.39. The van der Waals surface area contributed by atoms with Gasteiger partial charge in [0.05, 0.1) is 31.5 Å². The van der Waals surface area contributed by atoms with Crippen LogP contribution in [0.1, 0.15) is 57.0 Å². The molecular formula is C24H28O9S. The summed E-state index contributed by atoms with van der Waals surface area (Å²) < 4.78 is 45.1. The third kappa shape index (κ3) is 4.16. The number of carbonyl (C=O) groups is 3. The first kappa shape index (κ1) is 24.5. The van der Waals surface area contributed by atoms with Gasteiger partial charge in [-0.05, 0) is 55.9 Å². The molecule has 0 amide bonds. The van der Waals surface area contributed by atoms with Crippen molar-refractivity contribution >= 4 is 27.8 Å². The van der Waals surface area contributed by atoms with Crippen LogP contribution in [0, 0.1) is 40.9 Å². The molecule has 0 N–H and O–H groups in total. The number of cyclic esters (lactones) is 1. The van der Waals surface area contributed by atoms with Gasteiger partial charge in [-0.3, -0.25) is 18.6 Å². The SMILES string of the molecule is CC#Cc1occc1[C@@H]1C[C@@H]2[C@H]3C(=O)[C@@H](OS(C)(=O)=O)C[C@@H](C(=O)OC)[C@]3(C)CC[C@H]2C(=O)O1. The van der Waals surface area contributed by atoms with E-state index in [1.54, 1.807) is 13.0 Å². The summed E-state index contributed by atoms with van der Waals surface area (Å²) in [6.45, 7) is 3.52. The summed E-state index contributed by atoms with van der Waals surface area (Å²) in [6.07, 6.45) is 1.45.